The van der Waals surface area contributed by atoms with Crippen LogP contribution in [0.15, 0.2) is 36.5 Å². The Balaban J connectivity index is 2.54. The second kappa shape index (κ2) is 5.89. The molecule has 0 aliphatic heterocycles. The Morgan fingerprint density at radius 2 is 2.00 bits per heavy atom. The maximum absolute atomic E-state index is 14.2. The van der Waals surface area contributed by atoms with Gasteiger partial charge in [-0.25, -0.2) is 8.78 Å². The first kappa shape index (κ1) is 13.6. The molecule has 0 saturated heterocycles. The van der Waals surface area contributed by atoms with E-state index in [4.69, 9.17) is 0 Å². The normalized spacial score (nSPS) is 12.4. The fourth-order valence-electron chi connectivity index (χ4n) is 2.05. The Bertz CT molecular complexity index is 556. The third-order valence-electron chi connectivity index (χ3n) is 3.00. The Morgan fingerprint density at radius 1 is 1.21 bits per heavy atom. The van der Waals surface area contributed by atoms with Crippen molar-refractivity contribution in [1.82, 2.24) is 10.3 Å². The maximum atomic E-state index is 14.2. The summed E-state index contributed by atoms with van der Waals surface area (Å²) in [6.45, 7) is 4.11. The Hall–Kier alpha value is -1.81. The largest absolute Gasteiger partial charge is 0.305 e. The summed E-state index contributed by atoms with van der Waals surface area (Å²) in [5.41, 5.74) is 1.06. The van der Waals surface area contributed by atoms with Crippen molar-refractivity contribution in [3.8, 4) is 0 Å². The molecule has 1 heterocycles. The van der Waals surface area contributed by atoms with Crippen LogP contribution in [0.1, 0.15) is 29.8 Å². The number of nitrogens with zero attached hydrogens (tertiary/aromatic N) is 1. The molecule has 0 amide bonds. The lowest BCUT2D eigenvalue weighted by Crippen LogP contribution is -2.25. The summed E-state index contributed by atoms with van der Waals surface area (Å²) >= 11 is 0. The van der Waals surface area contributed by atoms with Crippen LogP contribution in [0.5, 0.6) is 0 Å². The zero-order valence-electron chi connectivity index (χ0n) is 11.0. The van der Waals surface area contributed by atoms with Crippen molar-refractivity contribution in [3.63, 3.8) is 0 Å². The predicted octanol–water partition coefficient (Wildman–Crippen LogP) is 3.37. The molecule has 0 radical (unpaired) electrons. The molecule has 4 heteroatoms. The molecule has 0 fully saturated rings. The van der Waals surface area contributed by atoms with E-state index in [9.17, 15) is 8.78 Å². The molecule has 0 saturated carbocycles. The molecule has 2 nitrogen and oxygen atoms in total. The monoisotopic (exact) mass is 262 g/mol. The number of nitrogens with one attached hydrogen (secondary N) is 1. The SMILES string of the molecule is CCNC(c1ccccn1)c1c(F)ccc(C)c1F. The highest BCUT2D eigenvalue weighted by Crippen LogP contribution is 2.27. The Labute approximate surface area is 111 Å². The molecule has 1 unspecified atom stereocenters. The first-order chi connectivity index (χ1) is 9.15. The van der Waals surface area contributed by atoms with E-state index in [1.54, 1.807) is 31.3 Å². The molecular weight excluding hydrogens is 246 g/mol. The molecule has 0 bridgehead atoms. The standard InChI is InChI=1S/C15H16F2N2/c1-3-18-15(12-6-4-5-9-19-12)13-11(16)8-7-10(2)14(13)17/h4-9,15,18H,3H2,1-2H3. The van der Waals surface area contributed by atoms with Gasteiger partial charge in [-0.1, -0.05) is 19.1 Å². The smallest absolute Gasteiger partial charge is 0.134 e. The van der Waals surface area contributed by atoms with Gasteiger partial charge >= 0.3 is 0 Å². The van der Waals surface area contributed by atoms with Crippen molar-refractivity contribution in [2.45, 2.75) is 19.9 Å². The summed E-state index contributed by atoms with van der Waals surface area (Å²) < 4.78 is 28.2. The summed E-state index contributed by atoms with van der Waals surface area (Å²) in [5, 5.41) is 3.08. The number of aromatic nitrogens is 1. The molecule has 1 aromatic heterocycles. The van der Waals surface area contributed by atoms with Gasteiger partial charge in [-0.05, 0) is 37.2 Å². The summed E-state index contributed by atoms with van der Waals surface area (Å²) in [5.74, 6) is -1.07. The second-order valence-electron chi connectivity index (χ2n) is 4.34. The summed E-state index contributed by atoms with van der Waals surface area (Å²) in [6, 6.07) is 7.49. The van der Waals surface area contributed by atoms with Crippen LogP contribution in [0.2, 0.25) is 0 Å². The van der Waals surface area contributed by atoms with Gasteiger partial charge in [-0.15, -0.1) is 0 Å². The fraction of sp³-hybridized carbons (Fsp3) is 0.267. The van der Waals surface area contributed by atoms with Crippen molar-refractivity contribution >= 4 is 0 Å². The fourth-order valence-corrected chi connectivity index (χ4v) is 2.05. The lowest BCUT2D eigenvalue weighted by atomic mass is 9.99. The first-order valence-electron chi connectivity index (χ1n) is 6.24. The van der Waals surface area contributed by atoms with Crippen LogP contribution >= 0.6 is 0 Å². The zero-order valence-corrected chi connectivity index (χ0v) is 11.0. The van der Waals surface area contributed by atoms with Gasteiger partial charge in [-0.3, -0.25) is 4.98 Å². The molecular formula is C15H16F2N2. The molecule has 1 N–H and O–H groups in total. The van der Waals surface area contributed by atoms with E-state index in [2.05, 4.69) is 10.3 Å². The lowest BCUT2D eigenvalue weighted by Gasteiger charge is -2.19. The van der Waals surface area contributed by atoms with Gasteiger partial charge in [0.2, 0.25) is 0 Å². The molecule has 2 aromatic rings. The number of hydrogen-bond donors (Lipinski definition) is 1. The first-order valence-corrected chi connectivity index (χ1v) is 6.24. The van der Waals surface area contributed by atoms with Crippen LogP contribution in [0, 0.1) is 18.6 Å². The number of hydrogen-bond acceptors (Lipinski definition) is 2. The zero-order chi connectivity index (χ0) is 13.8. The van der Waals surface area contributed by atoms with Crippen molar-refractivity contribution < 1.29 is 8.78 Å². The van der Waals surface area contributed by atoms with Gasteiger partial charge in [0.25, 0.3) is 0 Å². The van der Waals surface area contributed by atoms with Gasteiger partial charge in [0, 0.05) is 11.8 Å². The minimum atomic E-state index is -0.578. The molecule has 100 valence electrons. The molecule has 0 aliphatic carbocycles. The average Bonchev–Trinajstić information content (AvgIpc) is 2.43. The van der Waals surface area contributed by atoms with Crippen molar-refractivity contribution in [1.29, 1.82) is 0 Å². The van der Waals surface area contributed by atoms with Crippen LogP contribution in [0.25, 0.3) is 0 Å². The topological polar surface area (TPSA) is 24.9 Å². The van der Waals surface area contributed by atoms with E-state index in [1.807, 2.05) is 6.92 Å². The van der Waals surface area contributed by atoms with E-state index in [0.717, 1.165) is 0 Å². The van der Waals surface area contributed by atoms with Crippen LogP contribution < -0.4 is 5.32 Å². The van der Waals surface area contributed by atoms with E-state index in [-0.39, 0.29) is 5.56 Å². The van der Waals surface area contributed by atoms with Crippen LogP contribution in [-0.2, 0) is 0 Å². The van der Waals surface area contributed by atoms with E-state index in [1.165, 1.54) is 12.1 Å². The quantitative estimate of drug-likeness (QED) is 0.913. The highest BCUT2D eigenvalue weighted by molar-refractivity contribution is 5.34. The minimum absolute atomic E-state index is 0.0283. The van der Waals surface area contributed by atoms with Crippen LogP contribution in [0.3, 0.4) is 0 Å². The molecule has 2 rings (SSSR count). The van der Waals surface area contributed by atoms with Gasteiger partial charge in [0.1, 0.15) is 11.6 Å². The van der Waals surface area contributed by atoms with Crippen molar-refractivity contribution in [2.75, 3.05) is 6.54 Å². The molecule has 1 aromatic carbocycles. The summed E-state index contributed by atoms with van der Waals surface area (Å²) in [6.07, 6.45) is 1.62. The van der Waals surface area contributed by atoms with E-state index in [0.29, 0.717) is 17.8 Å². The number of pyridine rings is 1. The molecule has 0 spiro atoms. The van der Waals surface area contributed by atoms with Crippen molar-refractivity contribution in [3.05, 3.63) is 65.0 Å². The van der Waals surface area contributed by atoms with Gasteiger partial charge in [0.15, 0.2) is 0 Å². The third kappa shape index (κ3) is 2.79. The highest BCUT2D eigenvalue weighted by Gasteiger charge is 2.23. The number of halogens is 2. The second-order valence-corrected chi connectivity index (χ2v) is 4.34. The predicted molar refractivity (Wildman–Crippen MR) is 70.9 cm³/mol. The van der Waals surface area contributed by atoms with Gasteiger partial charge < -0.3 is 5.32 Å². The third-order valence-corrected chi connectivity index (χ3v) is 3.00. The minimum Gasteiger partial charge on any atom is -0.305 e. The van der Waals surface area contributed by atoms with E-state index < -0.39 is 17.7 Å². The number of rotatable bonds is 4. The highest BCUT2D eigenvalue weighted by atomic mass is 19.1. The Kier molecular flexibility index (Phi) is 4.22. The molecule has 1 atom stereocenters. The summed E-state index contributed by atoms with van der Waals surface area (Å²) in [7, 11) is 0. The number of aryl methyl sites for hydroxylation is 1. The van der Waals surface area contributed by atoms with Gasteiger partial charge in [0.05, 0.1) is 11.7 Å². The maximum Gasteiger partial charge on any atom is 0.134 e. The molecule has 0 aliphatic rings. The van der Waals surface area contributed by atoms with Crippen molar-refractivity contribution in [2.24, 2.45) is 0 Å². The summed E-state index contributed by atoms with van der Waals surface area (Å²) in [4.78, 5) is 4.19. The Morgan fingerprint density at radius 3 is 2.63 bits per heavy atom. The van der Waals surface area contributed by atoms with E-state index >= 15 is 0 Å². The lowest BCUT2D eigenvalue weighted by molar-refractivity contribution is 0.501. The van der Waals surface area contributed by atoms with Crippen LogP contribution in [-0.4, -0.2) is 11.5 Å². The van der Waals surface area contributed by atoms with Crippen LogP contribution in [0.4, 0.5) is 8.78 Å². The van der Waals surface area contributed by atoms with Gasteiger partial charge in [-0.2, -0.15) is 0 Å². The molecule has 19 heavy (non-hydrogen) atoms. The average molecular weight is 262 g/mol. The number of benzene rings is 1.